The van der Waals surface area contributed by atoms with E-state index in [1.807, 2.05) is 36.4 Å². The van der Waals surface area contributed by atoms with Crippen LogP contribution in [-0.2, 0) is 0 Å². The van der Waals surface area contributed by atoms with Crippen molar-refractivity contribution in [3.8, 4) is 0 Å². The van der Waals surface area contributed by atoms with Crippen molar-refractivity contribution in [1.29, 1.82) is 0 Å². The molecule has 0 saturated heterocycles. The van der Waals surface area contributed by atoms with Crippen molar-refractivity contribution in [2.45, 2.75) is 0 Å². The number of non-ortho nitro benzene ring substituents is 1. The molecule has 4 nitrogen and oxygen atoms in total. The van der Waals surface area contributed by atoms with Gasteiger partial charge in [-0.3, -0.25) is 14.9 Å². The normalized spacial score (nSPS) is 11.0. The van der Waals surface area contributed by atoms with Gasteiger partial charge in [-0.1, -0.05) is 60.7 Å². The molecule has 104 valence electrons. The van der Waals surface area contributed by atoms with Gasteiger partial charge in [0.25, 0.3) is 5.69 Å². The molecule has 2 aromatic carbocycles. The minimum atomic E-state index is -0.518. The molecule has 0 fully saturated rings. The fourth-order valence-electron chi connectivity index (χ4n) is 1.74. The van der Waals surface area contributed by atoms with Crippen LogP contribution >= 0.6 is 0 Å². The first-order valence-electron chi connectivity index (χ1n) is 6.35. The third-order valence-corrected chi connectivity index (χ3v) is 2.79. The zero-order valence-electron chi connectivity index (χ0n) is 11.2. The van der Waals surface area contributed by atoms with Crippen LogP contribution < -0.4 is 0 Å². The Morgan fingerprint density at radius 3 is 2.48 bits per heavy atom. The maximum atomic E-state index is 11.9. The lowest BCUT2D eigenvalue weighted by atomic mass is 10.1. The molecule has 0 aliphatic carbocycles. The lowest BCUT2D eigenvalue weighted by Crippen LogP contribution is -1.96. The second-order valence-corrected chi connectivity index (χ2v) is 4.30. The van der Waals surface area contributed by atoms with Crippen molar-refractivity contribution in [3.05, 3.63) is 94.1 Å². The quantitative estimate of drug-likeness (QED) is 0.273. The maximum Gasteiger partial charge on any atom is 0.270 e. The zero-order chi connectivity index (χ0) is 15.1. The molecule has 0 saturated carbocycles. The molecule has 2 rings (SSSR count). The molecule has 0 N–H and O–H groups in total. The lowest BCUT2D eigenvalue weighted by molar-refractivity contribution is -0.384. The average molecular weight is 279 g/mol. The Labute approximate surface area is 122 Å². The van der Waals surface area contributed by atoms with E-state index in [4.69, 9.17) is 0 Å². The van der Waals surface area contributed by atoms with Crippen LogP contribution in [0.1, 0.15) is 15.9 Å². The van der Waals surface area contributed by atoms with Gasteiger partial charge >= 0.3 is 0 Å². The topological polar surface area (TPSA) is 60.2 Å². The van der Waals surface area contributed by atoms with Gasteiger partial charge in [-0.15, -0.1) is 0 Å². The van der Waals surface area contributed by atoms with E-state index in [9.17, 15) is 14.9 Å². The van der Waals surface area contributed by atoms with Crippen molar-refractivity contribution in [2.75, 3.05) is 0 Å². The summed E-state index contributed by atoms with van der Waals surface area (Å²) in [6.45, 7) is 0. The molecular formula is C17H13NO3. The van der Waals surface area contributed by atoms with Gasteiger partial charge in [0.15, 0.2) is 5.78 Å². The monoisotopic (exact) mass is 279 g/mol. The van der Waals surface area contributed by atoms with Gasteiger partial charge in [0, 0.05) is 17.7 Å². The number of ketones is 1. The molecule has 0 amide bonds. The van der Waals surface area contributed by atoms with E-state index in [0.717, 1.165) is 5.56 Å². The summed E-state index contributed by atoms with van der Waals surface area (Å²) in [6.07, 6.45) is 6.63. The van der Waals surface area contributed by atoms with Crippen LogP contribution in [-0.4, -0.2) is 10.7 Å². The predicted molar refractivity (Wildman–Crippen MR) is 82.0 cm³/mol. The molecule has 4 heteroatoms. The highest BCUT2D eigenvalue weighted by molar-refractivity contribution is 6.05. The van der Waals surface area contributed by atoms with Crippen LogP contribution in [0, 0.1) is 10.1 Å². The van der Waals surface area contributed by atoms with Gasteiger partial charge in [0.05, 0.1) is 4.92 Å². The van der Waals surface area contributed by atoms with Crippen molar-refractivity contribution < 1.29 is 9.72 Å². The van der Waals surface area contributed by atoms with E-state index < -0.39 is 4.92 Å². The number of benzene rings is 2. The Bertz CT molecular complexity index is 703. The van der Waals surface area contributed by atoms with Gasteiger partial charge in [-0.05, 0) is 11.6 Å². The van der Waals surface area contributed by atoms with Gasteiger partial charge in [-0.2, -0.15) is 0 Å². The van der Waals surface area contributed by atoms with E-state index in [0.29, 0.717) is 5.56 Å². The smallest absolute Gasteiger partial charge is 0.270 e. The number of carbonyl (C=O) groups excluding carboxylic acids is 1. The highest BCUT2D eigenvalue weighted by atomic mass is 16.6. The number of hydrogen-bond acceptors (Lipinski definition) is 3. The highest BCUT2D eigenvalue weighted by Crippen LogP contribution is 2.13. The Balaban J connectivity index is 2.04. The van der Waals surface area contributed by atoms with Crippen molar-refractivity contribution >= 4 is 17.5 Å². The molecule has 0 unspecified atom stereocenters. The van der Waals surface area contributed by atoms with E-state index in [1.54, 1.807) is 18.2 Å². The second-order valence-electron chi connectivity index (χ2n) is 4.30. The third-order valence-electron chi connectivity index (χ3n) is 2.79. The first-order chi connectivity index (χ1) is 10.2. The number of allylic oxidation sites excluding steroid dienone is 3. The summed E-state index contributed by atoms with van der Waals surface area (Å²) in [6, 6.07) is 15.4. The summed E-state index contributed by atoms with van der Waals surface area (Å²) in [4.78, 5) is 22.0. The molecule has 0 aromatic heterocycles. The van der Waals surface area contributed by atoms with E-state index in [-0.39, 0.29) is 11.5 Å². The molecule has 0 atom stereocenters. The Morgan fingerprint density at radius 2 is 1.76 bits per heavy atom. The first kappa shape index (κ1) is 14.4. The minimum absolute atomic E-state index is 0.0888. The second kappa shape index (κ2) is 6.96. The predicted octanol–water partition coefficient (Wildman–Crippen LogP) is 4.05. The van der Waals surface area contributed by atoms with E-state index in [1.165, 1.54) is 24.3 Å². The number of carbonyl (C=O) groups is 1. The van der Waals surface area contributed by atoms with Gasteiger partial charge < -0.3 is 0 Å². The van der Waals surface area contributed by atoms with Crippen LogP contribution in [0.25, 0.3) is 6.08 Å². The molecule has 0 heterocycles. The largest absolute Gasteiger partial charge is 0.289 e. The molecule has 2 aromatic rings. The Hall–Kier alpha value is -3.01. The van der Waals surface area contributed by atoms with Crippen LogP contribution in [0.3, 0.4) is 0 Å². The fraction of sp³-hybridized carbons (Fsp3) is 0. The standard InChI is InChI=1S/C17H13NO3/c19-17(15-10-6-11-16(13-15)18(20)21)12-5-4-9-14-7-2-1-3-8-14/h1-13H/b9-4+,12-5+. The highest BCUT2D eigenvalue weighted by Gasteiger charge is 2.08. The first-order valence-corrected chi connectivity index (χ1v) is 6.35. The van der Waals surface area contributed by atoms with Gasteiger partial charge in [0.2, 0.25) is 0 Å². The molecule has 0 spiro atoms. The SMILES string of the molecule is O=C(/C=C/C=C/c1ccccc1)c1cccc([N+](=O)[O-])c1. The van der Waals surface area contributed by atoms with Crippen molar-refractivity contribution in [2.24, 2.45) is 0 Å². The molecule has 0 bridgehead atoms. The van der Waals surface area contributed by atoms with Crippen LogP contribution in [0.2, 0.25) is 0 Å². The lowest BCUT2D eigenvalue weighted by Gasteiger charge is -1.95. The van der Waals surface area contributed by atoms with Gasteiger partial charge in [0.1, 0.15) is 0 Å². The maximum absolute atomic E-state index is 11.9. The number of rotatable bonds is 5. The summed E-state index contributed by atoms with van der Waals surface area (Å²) < 4.78 is 0. The summed E-state index contributed by atoms with van der Waals surface area (Å²) in [5, 5.41) is 10.7. The molecule has 0 aliphatic rings. The number of nitro groups is 1. The number of nitrogens with zero attached hydrogens (tertiary/aromatic N) is 1. The van der Waals surface area contributed by atoms with Crippen molar-refractivity contribution in [1.82, 2.24) is 0 Å². The molecular weight excluding hydrogens is 266 g/mol. The average Bonchev–Trinajstić information content (AvgIpc) is 2.52. The van der Waals surface area contributed by atoms with Crippen LogP contribution in [0.5, 0.6) is 0 Å². The Kier molecular flexibility index (Phi) is 4.77. The number of nitro benzene ring substituents is 1. The fourth-order valence-corrected chi connectivity index (χ4v) is 1.74. The van der Waals surface area contributed by atoms with E-state index in [2.05, 4.69) is 0 Å². The van der Waals surface area contributed by atoms with E-state index >= 15 is 0 Å². The molecule has 21 heavy (non-hydrogen) atoms. The molecule has 0 radical (unpaired) electrons. The summed E-state index contributed by atoms with van der Waals surface area (Å²) >= 11 is 0. The Morgan fingerprint density at radius 1 is 1.00 bits per heavy atom. The van der Waals surface area contributed by atoms with Crippen molar-refractivity contribution in [3.63, 3.8) is 0 Å². The third kappa shape index (κ3) is 4.24. The van der Waals surface area contributed by atoms with Crippen LogP contribution in [0.15, 0.2) is 72.8 Å². The summed E-state index contributed by atoms with van der Waals surface area (Å²) in [5.41, 5.74) is 1.24. The van der Waals surface area contributed by atoms with Crippen LogP contribution in [0.4, 0.5) is 5.69 Å². The number of hydrogen-bond donors (Lipinski definition) is 0. The molecule has 0 aliphatic heterocycles. The summed E-state index contributed by atoms with van der Waals surface area (Å²) in [7, 11) is 0. The van der Waals surface area contributed by atoms with Gasteiger partial charge in [-0.25, -0.2) is 0 Å². The summed E-state index contributed by atoms with van der Waals surface area (Å²) in [5.74, 6) is -0.267. The zero-order valence-corrected chi connectivity index (χ0v) is 11.2. The minimum Gasteiger partial charge on any atom is -0.289 e.